The van der Waals surface area contributed by atoms with E-state index < -0.39 is 0 Å². The van der Waals surface area contributed by atoms with Gasteiger partial charge in [0.1, 0.15) is 0 Å². The van der Waals surface area contributed by atoms with Crippen LogP contribution in [-0.2, 0) is 9.47 Å². The molecule has 0 bridgehead atoms. The Bertz CT molecular complexity index is 149. The van der Waals surface area contributed by atoms with Crippen molar-refractivity contribution in [2.75, 3.05) is 0 Å². The molecule has 1 fully saturated rings. The monoisotopic (exact) mass is 186 g/mol. The Morgan fingerprint density at radius 2 is 1.31 bits per heavy atom. The highest BCUT2D eigenvalue weighted by Gasteiger charge is 2.40. The lowest BCUT2D eigenvalue weighted by molar-refractivity contribution is -0.331. The fraction of sp³-hybridized carbons (Fsp3) is 1.00. The molecular weight excluding hydrogens is 164 g/mol. The lowest BCUT2D eigenvalue weighted by Crippen LogP contribution is -2.50. The van der Waals surface area contributed by atoms with Crippen LogP contribution >= 0.6 is 0 Å². The molecule has 1 rings (SSSR count). The number of rotatable bonds is 2. The van der Waals surface area contributed by atoms with E-state index in [-0.39, 0.29) is 5.79 Å². The molecule has 0 amide bonds. The maximum atomic E-state index is 5.93. The van der Waals surface area contributed by atoms with Gasteiger partial charge in [-0.2, -0.15) is 0 Å². The van der Waals surface area contributed by atoms with E-state index in [0.717, 1.165) is 12.8 Å². The Morgan fingerprint density at radius 1 is 0.923 bits per heavy atom. The summed E-state index contributed by atoms with van der Waals surface area (Å²) < 4.78 is 11.9. The quantitative estimate of drug-likeness (QED) is 0.660. The van der Waals surface area contributed by atoms with Gasteiger partial charge in [0, 0.05) is 5.92 Å². The zero-order chi connectivity index (χ0) is 10.1. The van der Waals surface area contributed by atoms with E-state index in [4.69, 9.17) is 9.47 Å². The minimum Gasteiger partial charge on any atom is -0.347 e. The molecule has 1 saturated heterocycles. The molecule has 2 atom stereocenters. The Morgan fingerprint density at radius 3 is 1.62 bits per heavy atom. The van der Waals surface area contributed by atoms with Gasteiger partial charge in [0.05, 0.1) is 12.2 Å². The van der Waals surface area contributed by atoms with Crippen molar-refractivity contribution < 1.29 is 9.47 Å². The van der Waals surface area contributed by atoms with Crippen molar-refractivity contribution in [2.45, 2.75) is 65.5 Å². The first-order valence-electron chi connectivity index (χ1n) is 5.40. The Labute approximate surface area is 81.6 Å². The smallest absolute Gasteiger partial charge is 0.168 e. The van der Waals surface area contributed by atoms with Crippen molar-refractivity contribution in [2.24, 2.45) is 5.92 Å². The molecule has 2 nitrogen and oxygen atoms in total. The van der Waals surface area contributed by atoms with E-state index in [0.29, 0.717) is 18.1 Å². The molecule has 0 aliphatic carbocycles. The van der Waals surface area contributed by atoms with Gasteiger partial charge in [-0.1, -0.05) is 20.8 Å². The largest absolute Gasteiger partial charge is 0.347 e. The van der Waals surface area contributed by atoms with E-state index in [2.05, 4.69) is 34.6 Å². The van der Waals surface area contributed by atoms with E-state index in [1.54, 1.807) is 0 Å². The second-order valence-electron chi connectivity index (χ2n) is 4.12. The summed E-state index contributed by atoms with van der Waals surface area (Å²) >= 11 is 0. The molecule has 0 aromatic heterocycles. The van der Waals surface area contributed by atoms with Crippen molar-refractivity contribution in [3.8, 4) is 0 Å². The number of ether oxygens (including phenoxy) is 2. The molecule has 78 valence electrons. The van der Waals surface area contributed by atoms with Gasteiger partial charge in [0.15, 0.2) is 5.79 Å². The highest BCUT2D eigenvalue weighted by molar-refractivity contribution is 4.80. The van der Waals surface area contributed by atoms with Gasteiger partial charge < -0.3 is 9.47 Å². The lowest BCUT2D eigenvalue weighted by Gasteiger charge is -2.45. The molecule has 0 aromatic rings. The maximum Gasteiger partial charge on any atom is 0.168 e. The lowest BCUT2D eigenvalue weighted by atomic mass is 9.96. The summed E-state index contributed by atoms with van der Waals surface area (Å²) in [5.74, 6) is 0.178. The zero-order valence-electron chi connectivity index (χ0n) is 9.46. The van der Waals surface area contributed by atoms with Crippen molar-refractivity contribution >= 4 is 0 Å². The highest BCUT2D eigenvalue weighted by Crippen LogP contribution is 2.35. The molecule has 0 aromatic carbocycles. The molecule has 1 aliphatic rings. The molecule has 1 heterocycles. The minimum atomic E-state index is -0.314. The van der Waals surface area contributed by atoms with Crippen LogP contribution in [0.1, 0.15) is 47.5 Å². The summed E-state index contributed by atoms with van der Waals surface area (Å²) in [6.45, 7) is 10.7. The third kappa shape index (κ3) is 2.05. The molecule has 2 unspecified atom stereocenters. The first-order chi connectivity index (χ1) is 6.04. The van der Waals surface area contributed by atoms with Gasteiger partial charge in [-0.05, 0) is 26.7 Å². The van der Waals surface area contributed by atoms with Gasteiger partial charge in [-0.15, -0.1) is 0 Å². The molecule has 0 spiro atoms. The summed E-state index contributed by atoms with van der Waals surface area (Å²) in [6, 6.07) is 0. The highest BCUT2D eigenvalue weighted by atomic mass is 16.7. The first kappa shape index (κ1) is 11.0. The summed E-state index contributed by atoms with van der Waals surface area (Å²) in [7, 11) is 0. The Kier molecular flexibility index (Phi) is 3.36. The molecule has 0 saturated carbocycles. The van der Waals surface area contributed by atoms with Crippen LogP contribution in [0.3, 0.4) is 0 Å². The van der Waals surface area contributed by atoms with E-state index in [1.807, 2.05) is 0 Å². The van der Waals surface area contributed by atoms with Gasteiger partial charge in [-0.3, -0.25) is 0 Å². The molecule has 0 N–H and O–H groups in total. The van der Waals surface area contributed by atoms with Crippen molar-refractivity contribution in [3.63, 3.8) is 0 Å². The van der Waals surface area contributed by atoms with Crippen LogP contribution in [0.4, 0.5) is 0 Å². The average Bonchev–Trinajstić information content (AvgIpc) is 2.13. The van der Waals surface area contributed by atoms with Crippen LogP contribution in [0.25, 0.3) is 0 Å². The standard InChI is InChI=1S/C11H22O2/c1-6-11(7-2)12-9(4)8(3)10(5)13-11/h8-10H,6-7H2,1-5H3. The van der Waals surface area contributed by atoms with Crippen LogP contribution in [0.5, 0.6) is 0 Å². The molecule has 1 aliphatic heterocycles. The SMILES string of the molecule is CCC1(CC)OC(C)C(C)C(C)O1. The topological polar surface area (TPSA) is 18.5 Å². The van der Waals surface area contributed by atoms with Gasteiger partial charge in [0.25, 0.3) is 0 Å². The number of hydrogen-bond acceptors (Lipinski definition) is 2. The minimum absolute atomic E-state index is 0.309. The van der Waals surface area contributed by atoms with Crippen LogP contribution < -0.4 is 0 Å². The normalized spacial score (nSPS) is 39.0. The van der Waals surface area contributed by atoms with Crippen molar-refractivity contribution in [1.29, 1.82) is 0 Å². The molecule has 13 heavy (non-hydrogen) atoms. The zero-order valence-corrected chi connectivity index (χ0v) is 9.46. The molecule has 0 radical (unpaired) electrons. The first-order valence-corrected chi connectivity index (χ1v) is 5.40. The van der Waals surface area contributed by atoms with Crippen LogP contribution in [0.15, 0.2) is 0 Å². The Hall–Kier alpha value is -0.0800. The second kappa shape index (κ2) is 3.97. The average molecular weight is 186 g/mol. The van der Waals surface area contributed by atoms with Gasteiger partial charge in [0.2, 0.25) is 0 Å². The summed E-state index contributed by atoms with van der Waals surface area (Å²) in [4.78, 5) is 0. The Balaban J connectivity index is 2.71. The predicted molar refractivity (Wildman–Crippen MR) is 53.6 cm³/mol. The van der Waals surface area contributed by atoms with Crippen molar-refractivity contribution in [3.05, 3.63) is 0 Å². The maximum absolute atomic E-state index is 5.93. The molecular formula is C11H22O2. The third-order valence-corrected chi connectivity index (χ3v) is 3.36. The van der Waals surface area contributed by atoms with E-state index >= 15 is 0 Å². The van der Waals surface area contributed by atoms with E-state index in [1.165, 1.54) is 0 Å². The second-order valence-corrected chi connectivity index (χ2v) is 4.12. The summed E-state index contributed by atoms with van der Waals surface area (Å²) in [6.07, 6.45) is 2.49. The van der Waals surface area contributed by atoms with Gasteiger partial charge >= 0.3 is 0 Å². The summed E-state index contributed by atoms with van der Waals surface area (Å²) in [5.41, 5.74) is 0. The van der Waals surface area contributed by atoms with Gasteiger partial charge in [-0.25, -0.2) is 0 Å². The summed E-state index contributed by atoms with van der Waals surface area (Å²) in [5, 5.41) is 0. The van der Waals surface area contributed by atoms with Crippen LogP contribution in [-0.4, -0.2) is 18.0 Å². The fourth-order valence-corrected chi connectivity index (χ4v) is 1.88. The van der Waals surface area contributed by atoms with Crippen molar-refractivity contribution in [1.82, 2.24) is 0 Å². The van der Waals surface area contributed by atoms with Crippen LogP contribution in [0.2, 0.25) is 0 Å². The molecule has 2 heteroatoms. The number of hydrogen-bond donors (Lipinski definition) is 0. The third-order valence-electron chi connectivity index (χ3n) is 3.36. The predicted octanol–water partition coefficient (Wildman–Crippen LogP) is 2.96. The van der Waals surface area contributed by atoms with Crippen LogP contribution in [0, 0.1) is 5.92 Å². The fourth-order valence-electron chi connectivity index (χ4n) is 1.88. The van der Waals surface area contributed by atoms with E-state index in [9.17, 15) is 0 Å².